The van der Waals surface area contributed by atoms with Crippen molar-refractivity contribution >= 4 is 56.4 Å². The minimum atomic E-state index is -3.85. The van der Waals surface area contributed by atoms with Crippen molar-refractivity contribution in [3.63, 3.8) is 0 Å². The smallest absolute Gasteiger partial charge is 0.253 e. The second-order valence-electron chi connectivity index (χ2n) is 6.72. The fraction of sp³-hybridized carbons (Fsp3) is 0.143. The Morgan fingerprint density at radius 1 is 1.06 bits per heavy atom. The van der Waals surface area contributed by atoms with Crippen LogP contribution in [0, 0.1) is 0 Å². The SMILES string of the molecule is CS(=O)(=O)N(CC(=O)Nc1ccccc1C(=O)NCc1ccco1)c1ccc(Cl)cc1Cl. The van der Waals surface area contributed by atoms with Crippen molar-refractivity contribution in [2.75, 3.05) is 22.4 Å². The van der Waals surface area contributed by atoms with Gasteiger partial charge in [-0.1, -0.05) is 35.3 Å². The van der Waals surface area contributed by atoms with Crippen LogP contribution in [0.1, 0.15) is 16.1 Å². The van der Waals surface area contributed by atoms with Gasteiger partial charge in [0, 0.05) is 5.02 Å². The van der Waals surface area contributed by atoms with Crippen molar-refractivity contribution in [3.8, 4) is 0 Å². The van der Waals surface area contributed by atoms with E-state index in [0.29, 0.717) is 10.8 Å². The fourth-order valence-electron chi connectivity index (χ4n) is 2.85. The van der Waals surface area contributed by atoms with Crippen molar-refractivity contribution in [1.29, 1.82) is 0 Å². The Kier molecular flexibility index (Phi) is 7.44. The van der Waals surface area contributed by atoms with Crippen molar-refractivity contribution in [2.24, 2.45) is 0 Å². The molecular weight excluding hydrogens is 477 g/mol. The lowest BCUT2D eigenvalue weighted by molar-refractivity contribution is -0.114. The molecule has 2 N–H and O–H groups in total. The van der Waals surface area contributed by atoms with Crippen LogP contribution in [-0.2, 0) is 21.4 Å². The summed E-state index contributed by atoms with van der Waals surface area (Å²) in [5, 5.41) is 5.69. The third kappa shape index (κ3) is 6.03. The van der Waals surface area contributed by atoms with Crippen LogP contribution in [0.3, 0.4) is 0 Å². The highest BCUT2D eigenvalue weighted by atomic mass is 35.5. The van der Waals surface area contributed by atoms with Crippen LogP contribution in [0.25, 0.3) is 0 Å². The number of para-hydroxylation sites is 1. The van der Waals surface area contributed by atoms with Crippen LogP contribution in [0.5, 0.6) is 0 Å². The number of carbonyl (C=O) groups excluding carboxylic acids is 2. The molecule has 0 unspecified atom stereocenters. The predicted octanol–water partition coefficient (Wildman–Crippen LogP) is 3.92. The number of sulfonamides is 1. The Labute approximate surface area is 195 Å². The van der Waals surface area contributed by atoms with Crippen LogP contribution < -0.4 is 14.9 Å². The number of rotatable bonds is 8. The highest BCUT2D eigenvalue weighted by molar-refractivity contribution is 7.92. The van der Waals surface area contributed by atoms with Crippen LogP contribution in [0.4, 0.5) is 11.4 Å². The zero-order chi connectivity index (χ0) is 23.3. The Morgan fingerprint density at radius 3 is 2.47 bits per heavy atom. The quantitative estimate of drug-likeness (QED) is 0.492. The number of hydrogen-bond donors (Lipinski definition) is 2. The molecule has 1 aromatic heterocycles. The first kappa shape index (κ1) is 23.6. The van der Waals surface area contributed by atoms with E-state index in [9.17, 15) is 18.0 Å². The van der Waals surface area contributed by atoms with E-state index in [2.05, 4.69) is 10.6 Å². The van der Waals surface area contributed by atoms with Crippen LogP contribution in [0.15, 0.2) is 65.3 Å². The summed E-state index contributed by atoms with van der Waals surface area (Å²) in [6.07, 6.45) is 2.46. The summed E-state index contributed by atoms with van der Waals surface area (Å²) >= 11 is 12.0. The number of anilines is 2. The summed E-state index contributed by atoms with van der Waals surface area (Å²) in [5.41, 5.74) is 0.547. The van der Waals surface area contributed by atoms with Gasteiger partial charge >= 0.3 is 0 Å². The van der Waals surface area contributed by atoms with Gasteiger partial charge in [0.05, 0.1) is 41.0 Å². The highest BCUT2D eigenvalue weighted by Crippen LogP contribution is 2.30. The molecule has 1 heterocycles. The number of carbonyl (C=O) groups is 2. The zero-order valence-electron chi connectivity index (χ0n) is 16.8. The van der Waals surface area contributed by atoms with Crippen molar-refractivity contribution in [1.82, 2.24) is 5.32 Å². The monoisotopic (exact) mass is 495 g/mol. The van der Waals surface area contributed by atoms with Gasteiger partial charge in [0.1, 0.15) is 12.3 Å². The topological polar surface area (TPSA) is 109 Å². The standard InChI is InChI=1S/C21H19Cl2N3O5S/c1-32(29,30)26(19-9-8-14(22)11-17(19)23)13-20(27)25-18-7-3-2-6-16(18)21(28)24-12-15-5-4-10-31-15/h2-11H,12-13H2,1H3,(H,24,28)(H,25,27). The first-order valence-electron chi connectivity index (χ1n) is 9.27. The van der Waals surface area contributed by atoms with Crippen molar-refractivity contribution in [2.45, 2.75) is 6.54 Å². The Bertz CT molecular complexity index is 1230. The molecule has 2 aromatic carbocycles. The molecule has 0 spiro atoms. The molecule has 3 aromatic rings. The summed E-state index contributed by atoms with van der Waals surface area (Å²) in [6, 6.07) is 14.1. The maximum absolute atomic E-state index is 12.7. The molecule has 0 saturated carbocycles. The molecule has 0 fully saturated rings. The largest absolute Gasteiger partial charge is 0.467 e. The first-order chi connectivity index (χ1) is 15.1. The van der Waals surface area contributed by atoms with Gasteiger partial charge in [-0.3, -0.25) is 13.9 Å². The maximum atomic E-state index is 12.7. The highest BCUT2D eigenvalue weighted by Gasteiger charge is 2.24. The maximum Gasteiger partial charge on any atom is 0.253 e. The molecule has 8 nitrogen and oxygen atoms in total. The molecule has 0 aliphatic rings. The molecule has 168 valence electrons. The van der Waals surface area contributed by atoms with E-state index in [1.165, 1.54) is 30.5 Å². The number of nitrogens with zero attached hydrogens (tertiary/aromatic N) is 1. The molecule has 3 rings (SSSR count). The summed E-state index contributed by atoms with van der Waals surface area (Å²) in [4.78, 5) is 25.3. The molecule has 0 atom stereocenters. The molecule has 0 aliphatic carbocycles. The molecule has 32 heavy (non-hydrogen) atoms. The molecule has 0 saturated heterocycles. The summed E-state index contributed by atoms with van der Waals surface area (Å²) in [5.74, 6) is -0.519. The van der Waals surface area contributed by atoms with Crippen molar-refractivity contribution < 1.29 is 22.4 Å². The molecular formula is C21H19Cl2N3O5S. The van der Waals surface area contributed by atoms with E-state index in [0.717, 1.165) is 10.6 Å². The number of benzene rings is 2. The van der Waals surface area contributed by atoms with E-state index in [4.69, 9.17) is 27.6 Å². The summed E-state index contributed by atoms with van der Waals surface area (Å²) < 4.78 is 30.7. The lowest BCUT2D eigenvalue weighted by Crippen LogP contribution is -2.38. The molecule has 0 aliphatic heterocycles. The van der Waals surface area contributed by atoms with E-state index in [1.807, 2.05) is 0 Å². The lowest BCUT2D eigenvalue weighted by atomic mass is 10.1. The Balaban J connectivity index is 1.76. The fourth-order valence-corrected chi connectivity index (χ4v) is 4.28. The minimum Gasteiger partial charge on any atom is -0.467 e. The zero-order valence-corrected chi connectivity index (χ0v) is 19.2. The first-order valence-corrected chi connectivity index (χ1v) is 11.9. The van der Waals surface area contributed by atoms with Crippen LogP contribution in [0.2, 0.25) is 10.0 Å². The lowest BCUT2D eigenvalue weighted by Gasteiger charge is -2.23. The molecule has 0 radical (unpaired) electrons. The van der Waals surface area contributed by atoms with Gasteiger partial charge in [-0.05, 0) is 42.5 Å². The van der Waals surface area contributed by atoms with E-state index >= 15 is 0 Å². The average molecular weight is 496 g/mol. The number of furan rings is 1. The van der Waals surface area contributed by atoms with E-state index in [1.54, 1.807) is 30.3 Å². The molecule has 0 bridgehead atoms. The molecule has 11 heteroatoms. The molecule has 2 amide bonds. The van der Waals surface area contributed by atoms with Gasteiger partial charge in [-0.15, -0.1) is 0 Å². The van der Waals surface area contributed by atoms with Gasteiger partial charge < -0.3 is 15.1 Å². The summed E-state index contributed by atoms with van der Waals surface area (Å²) in [6.45, 7) is -0.381. The van der Waals surface area contributed by atoms with Gasteiger partial charge in [-0.25, -0.2) is 8.42 Å². The normalized spacial score (nSPS) is 11.1. The van der Waals surface area contributed by atoms with Gasteiger partial charge in [-0.2, -0.15) is 0 Å². The third-order valence-electron chi connectivity index (χ3n) is 4.32. The Hall–Kier alpha value is -3.01. The third-order valence-corrected chi connectivity index (χ3v) is 5.98. The van der Waals surface area contributed by atoms with Crippen LogP contribution >= 0.6 is 23.2 Å². The van der Waals surface area contributed by atoms with E-state index < -0.39 is 28.4 Å². The second kappa shape index (κ2) is 10.1. The Morgan fingerprint density at radius 2 is 1.81 bits per heavy atom. The van der Waals surface area contributed by atoms with Gasteiger partial charge in [0.25, 0.3) is 5.91 Å². The minimum absolute atomic E-state index is 0.0772. The van der Waals surface area contributed by atoms with Gasteiger partial charge in [0.2, 0.25) is 15.9 Å². The number of halogens is 2. The summed E-state index contributed by atoms with van der Waals surface area (Å²) in [7, 11) is -3.85. The second-order valence-corrected chi connectivity index (χ2v) is 9.47. The predicted molar refractivity (Wildman–Crippen MR) is 124 cm³/mol. The van der Waals surface area contributed by atoms with Crippen LogP contribution in [-0.4, -0.2) is 33.0 Å². The van der Waals surface area contributed by atoms with Gasteiger partial charge in [0.15, 0.2) is 0 Å². The van der Waals surface area contributed by atoms with Crippen molar-refractivity contribution in [3.05, 3.63) is 82.2 Å². The number of amides is 2. The average Bonchev–Trinajstić information content (AvgIpc) is 3.24. The van der Waals surface area contributed by atoms with E-state index in [-0.39, 0.29) is 28.5 Å². The number of hydrogen-bond acceptors (Lipinski definition) is 5. The number of nitrogens with one attached hydrogen (secondary N) is 2.